The number of benzene rings is 2. The van der Waals surface area contributed by atoms with Crippen molar-refractivity contribution in [3.8, 4) is 11.4 Å². The average molecular weight is 415 g/mol. The molecule has 0 radical (unpaired) electrons. The zero-order chi connectivity index (χ0) is 20.8. The van der Waals surface area contributed by atoms with Crippen LogP contribution < -0.4 is 10.4 Å². The summed E-state index contributed by atoms with van der Waals surface area (Å²) in [6, 6.07) is 13.8. The number of hydrogen-bond donors (Lipinski definition) is 0. The van der Waals surface area contributed by atoms with Gasteiger partial charge in [0, 0.05) is 5.02 Å². The molecule has 8 nitrogen and oxygen atoms in total. The van der Waals surface area contributed by atoms with Crippen LogP contribution in [0.25, 0.3) is 11.8 Å². The molecule has 0 fully saturated rings. The Labute approximate surface area is 171 Å². The fourth-order valence-corrected chi connectivity index (χ4v) is 2.70. The molecule has 0 unspecified atom stereocenters. The quantitative estimate of drug-likeness (QED) is 0.436. The topological polar surface area (TPSA) is 88.2 Å². The van der Waals surface area contributed by atoms with Crippen molar-refractivity contribution in [3.63, 3.8) is 0 Å². The molecule has 1 aromatic heterocycles. The largest absolute Gasteiger partial charge is 0.497 e. The Hall–Kier alpha value is -3.39. The van der Waals surface area contributed by atoms with Crippen LogP contribution in [0.4, 0.5) is 0 Å². The van der Waals surface area contributed by atoms with Gasteiger partial charge in [0.1, 0.15) is 5.75 Å². The molecule has 0 saturated carbocycles. The molecule has 0 spiro atoms. The Kier molecular flexibility index (Phi) is 6.46. The van der Waals surface area contributed by atoms with Gasteiger partial charge in [-0.15, -0.1) is 0 Å². The minimum atomic E-state index is -0.534. The summed E-state index contributed by atoms with van der Waals surface area (Å²) in [5.41, 5.74) is 1.05. The fraction of sp³-hybridized carbons (Fsp3) is 0.200. The van der Waals surface area contributed by atoms with E-state index in [1.807, 2.05) is 0 Å². The van der Waals surface area contributed by atoms with Crippen LogP contribution in [-0.4, -0.2) is 39.5 Å². The summed E-state index contributed by atoms with van der Waals surface area (Å²) in [4.78, 5) is 25.1. The molecule has 0 aliphatic heterocycles. The lowest BCUT2D eigenvalue weighted by Gasteiger charge is -2.07. The number of halogens is 1. The van der Waals surface area contributed by atoms with Crippen molar-refractivity contribution in [1.29, 1.82) is 0 Å². The van der Waals surface area contributed by atoms with Crippen LogP contribution in [0, 0.1) is 0 Å². The normalized spacial score (nSPS) is 11.3. The first-order chi connectivity index (χ1) is 14.0. The van der Waals surface area contributed by atoms with Crippen molar-refractivity contribution in [2.24, 2.45) is 0 Å². The van der Waals surface area contributed by atoms with E-state index in [0.717, 1.165) is 14.9 Å². The molecule has 3 aromatic rings. The molecule has 0 atom stereocenters. The molecule has 0 N–H and O–H groups in total. The third-order valence-electron chi connectivity index (χ3n) is 4.03. The van der Waals surface area contributed by atoms with Crippen molar-refractivity contribution < 1.29 is 14.3 Å². The second-order valence-electron chi connectivity index (χ2n) is 5.97. The Bertz CT molecular complexity index is 1070. The molecule has 0 aliphatic carbocycles. The van der Waals surface area contributed by atoms with Crippen molar-refractivity contribution in [1.82, 2.24) is 19.8 Å². The molecule has 29 heavy (non-hydrogen) atoms. The first-order valence-electron chi connectivity index (χ1n) is 8.82. The molecule has 0 saturated heterocycles. The smallest absolute Gasteiger partial charge is 0.368 e. The third-order valence-corrected chi connectivity index (χ3v) is 4.28. The number of aromatic nitrogens is 4. The highest BCUT2D eigenvalue weighted by Crippen LogP contribution is 2.15. The van der Waals surface area contributed by atoms with Gasteiger partial charge in [-0.1, -0.05) is 23.7 Å². The summed E-state index contributed by atoms with van der Waals surface area (Å²) in [6.45, 7) is 1.84. The molecule has 150 valence electrons. The average Bonchev–Trinajstić information content (AvgIpc) is 3.09. The van der Waals surface area contributed by atoms with E-state index < -0.39 is 11.7 Å². The van der Waals surface area contributed by atoms with E-state index in [-0.39, 0.29) is 18.7 Å². The van der Waals surface area contributed by atoms with Crippen LogP contribution in [0.5, 0.6) is 5.75 Å². The van der Waals surface area contributed by atoms with Gasteiger partial charge in [0.15, 0.2) is 0 Å². The van der Waals surface area contributed by atoms with Crippen molar-refractivity contribution in [2.45, 2.75) is 13.5 Å². The monoisotopic (exact) mass is 414 g/mol. The van der Waals surface area contributed by atoms with Gasteiger partial charge in [0.25, 0.3) is 0 Å². The summed E-state index contributed by atoms with van der Waals surface area (Å²) >= 11 is 5.90. The third kappa shape index (κ3) is 4.91. The first kappa shape index (κ1) is 20.3. The van der Waals surface area contributed by atoms with E-state index in [4.69, 9.17) is 21.1 Å². The van der Waals surface area contributed by atoms with Gasteiger partial charge in [-0.05, 0) is 65.4 Å². The number of carbonyl (C=O) groups excluding carboxylic acids is 1. The van der Waals surface area contributed by atoms with Gasteiger partial charge in [-0.2, -0.15) is 9.36 Å². The van der Waals surface area contributed by atoms with E-state index in [1.165, 1.54) is 0 Å². The molecular weight excluding hydrogens is 396 g/mol. The van der Waals surface area contributed by atoms with Crippen LogP contribution in [0.2, 0.25) is 5.02 Å². The van der Waals surface area contributed by atoms with Gasteiger partial charge in [0.05, 0.1) is 31.5 Å². The maximum atomic E-state index is 12.7. The highest BCUT2D eigenvalue weighted by molar-refractivity contribution is 6.30. The second kappa shape index (κ2) is 9.20. The molecule has 0 amide bonds. The lowest BCUT2D eigenvalue weighted by molar-refractivity contribution is -0.138. The minimum Gasteiger partial charge on any atom is -0.497 e. The second-order valence-corrected chi connectivity index (χ2v) is 6.41. The number of ether oxygens (including phenoxy) is 2. The van der Waals surface area contributed by atoms with Crippen LogP contribution in [-0.2, 0) is 16.1 Å². The zero-order valence-corrected chi connectivity index (χ0v) is 16.7. The van der Waals surface area contributed by atoms with E-state index >= 15 is 0 Å². The number of nitrogens with zero attached hydrogens (tertiary/aromatic N) is 4. The van der Waals surface area contributed by atoms with Crippen molar-refractivity contribution in [3.05, 3.63) is 75.2 Å². The maximum absolute atomic E-state index is 12.7. The number of rotatable bonds is 7. The summed E-state index contributed by atoms with van der Waals surface area (Å²) in [5.74, 6) is 0.123. The molecular formula is C20H19ClN4O4. The van der Waals surface area contributed by atoms with Gasteiger partial charge in [-0.3, -0.25) is 0 Å². The molecule has 0 bridgehead atoms. The minimum absolute atomic E-state index is 0.0869. The number of methoxy groups -OCH3 is 1. The van der Waals surface area contributed by atoms with Crippen molar-refractivity contribution in [2.75, 3.05) is 13.7 Å². The van der Waals surface area contributed by atoms with Crippen molar-refractivity contribution >= 4 is 23.6 Å². The summed E-state index contributed by atoms with van der Waals surface area (Å²) < 4.78 is 12.5. The standard InChI is InChI=1S/C20H19ClN4O4/c1-3-29-19(26)15(12-14-4-6-16(21)7-5-14)13-24-20(27)25(23-22-24)17-8-10-18(28-2)11-9-17/h4-12H,3,13H2,1-2H3/b15-12+. The first-order valence-corrected chi connectivity index (χ1v) is 9.20. The van der Waals surface area contributed by atoms with Crippen LogP contribution in [0.15, 0.2) is 58.9 Å². The van der Waals surface area contributed by atoms with Gasteiger partial charge in [-0.25, -0.2) is 9.59 Å². The van der Waals surface area contributed by atoms with Crippen LogP contribution >= 0.6 is 11.6 Å². The van der Waals surface area contributed by atoms with Crippen LogP contribution in [0.3, 0.4) is 0 Å². The number of hydrogen-bond acceptors (Lipinski definition) is 6. The molecule has 9 heteroatoms. The Morgan fingerprint density at radius 2 is 1.79 bits per heavy atom. The lowest BCUT2D eigenvalue weighted by atomic mass is 10.1. The lowest BCUT2D eigenvalue weighted by Crippen LogP contribution is -2.26. The van der Waals surface area contributed by atoms with E-state index in [1.54, 1.807) is 68.6 Å². The maximum Gasteiger partial charge on any atom is 0.368 e. The predicted molar refractivity (Wildman–Crippen MR) is 108 cm³/mol. The Morgan fingerprint density at radius 1 is 1.10 bits per heavy atom. The van der Waals surface area contributed by atoms with E-state index in [2.05, 4.69) is 10.4 Å². The molecule has 2 aromatic carbocycles. The Morgan fingerprint density at radius 3 is 2.41 bits per heavy atom. The Balaban J connectivity index is 1.91. The number of tetrazole rings is 1. The fourth-order valence-electron chi connectivity index (χ4n) is 2.57. The number of carbonyl (C=O) groups is 1. The highest BCUT2D eigenvalue weighted by Gasteiger charge is 2.16. The van der Waals surface area contributed by atoms with Gasteiger partial charge >= 0.3 is 11.7 Å². The molecule has 0 aliphatic rings. The predicted octanol–water partition coefficient (Wildman–Crippen LogP) is 2.74. The van der Waals surface area contributed by atoms with Gasteiger partial charge < -0.3 is 9.47 Å². The van der Waals surface area contributed by atoms with Crippen LogP contribution in [0.1, 0.15) is 12.5 Å². The highest BCUT2D eigenvalue weighted by atomic mass is 35.5. The summed E-state index contributed by atoms with van der Waals surface area (Å²) in [7, 11) is 1.56. The summed E-state index contributed by atoms with van der Waals surface area (Å²) in [6.07, 6.45) is 1.63. The van der Waals surface area contributed by atoms with E-state index in [9.17, 15) is 9.59 Å². The van der Waals surface area contributed by atoms with E-state index in [0.29, 0.717) is 16.5 Å². The van der Waals surface area contributed by atoms with Gasteiger partial charge in [0.2, 0.25) is 0 Å². The SMILES string of the molecule is CCOC(=O)/C(=C/c1ccc(Cl)cc1)Cn1nnn(-c2ccc(OC)cc2)c1=O. The zero-order valence-electron chi connectivity index (χ0n) is 15.9. The molecule has 1 heterocycles. The number of esters is 1. The summed E-state index contributed by atoms with van der Waals surface area (Å²) in [5, 5.41) is 8.37. The molecule has 3 rings (SSSR count).